The Morgan fingerprint density at radius 2 is 1.76 bits per heavy atom. The van der Waals surface area contributed by atoms with Crippen molar-refractivity contribution in [1.29, 1.82) is 0 Å². The molecule has 0 saturated carbocycles. The largest absolute Gasteiger partial charge is 0.490 e. The highest BCUT2D eigenvalue weighted by Crippen LogP contribution is 2.66. The second-order valence-corrected chi connectivity index (χ2v) is 10.5. The van der Waals surface area contributed by atoms with Gasteiger partial charge in [0.15, 0.2) is 6.23 Å². The molecule has 0 amide bonds. The van der Waals surface area contributed by atoms with Gasteiger partial charge in [-0.25, -0.2) is 27.3 Å². The zero-order valence-corrected chi connectivity index (χ0v) is 18.9. The van der Waals surface area contributed by atoms with Crippen LogP contribution in [0.5, 0.6) is 0 Å². The molecule has 0 aromatic carbocycles. The van der Waals surface area contributed by atoms with Crippen molar-refractivity contribution in [3.05, 3.63) is 33.1 Å². The molecule has 0 spiro atoms. The summed E-state index contributed by atoms with van der Waals surface area (Å²) in [5.74, 6) is -1.94. The van der Waals surface area contributed by atoms with Crippen LogP contribution in [0.15, 0.2) is 21.9 Å². The van der Waals surface area contributed by atoms with Gasteiger partial charge in [-0.3, -0.25) is 18.9 Å². The van der Waals surface area contributed by atoms with E-state index in [9.17, 15) is 42.1 Å². The fourth-order valence-electron chi connectivity index (χ4n) is 1.94. The van der Waals surface area contributed by atoms with Gasteiger partial charge in [0.2, 0.25) is 11.5 Å². The van der Waals surface area contributed by atoms with Crippen molar-refractivity contribution in [2.75, 3.05) is 13.2 Å². The lowest BCUT2D eigenvalue weighted by Gasteiger charge is -2.34. The summed E-state index contributed by atoms with van der Waals surface area (Å²) in [5, 5.41) is 9.26. The molecule has 1 aromatic rings. The first-order valence-corrected chi connectivity index (χ1v) is 12.5. The van der Waals surface area contributed by atoms with Gasteiger partial charge in [0.1, 0.15) is 6.61 Å². The minimum Gasteiger partial charge on any atom is -0.392 e. The van der Waals surface area contributed by atoms with Crippen molar-refractivity contribution in [3.8, 4) is 12.3 Å². The van der Waals surface area contributed by atoms with E-state index in [-0.39, 0.29) is 4.57 Å². The molecule has 1 rings (SSSR count). The van der Waals surface area contributed by atoms with Gasteiger partial charge in [-0.05, 0) is 6.92 Å². The van der Waals surface area contributed by atoms with E-state index in [4.69, 9.17) is 25.8 Å². The first-order chi connectivity index (χ1) is 14.7. The van der Waals surface area contributed by atoms with E-state index < -0.39 is 65.7 Å². The molecule has 6 N–H and O–H groups in total. The number of H-pyrrole nitrogens is 1. The normalized spacial score (nSPS) is 20.5. The van der Waals surface area contributed by atoms with Crippen LogP contribution < -0.4 is 11.2 Å². The number of terminal acetylenes is 1. The number of nitrogens with one attached hydrogen (secondary N) is 1. The van der Waals surface area contributed by atoms with Crippen LogP contribution in [0.1, 0.15) is 13.2 Å². The summed E-state index contributed by atoms with van der Waals surface area (Å²) in [7, 11) is -17.4. The highest BCUT2D eigenvalue weighted by molar-refractivity contribution is 7.66. The smallest absolute Gasteiger partial charge is 0.392 e. The molecule has 0 fully saturated rings. The number of hydrogen-bond donors (Lipinski definition) is 6. The first-order valence-electron chi connectivity index (χ1n) is 7.99. The van der Waals surface area contributed by atoms with Crippen LogP contribution in [-0.4, -0.2) is 59.0 Å². The van der Waals surface area contributed by atoms with Gasteiger partial charge in [-0.15, -0.1) is 6.42 Å². The lowest BCUT2D eigenvalue weighted by Crippen LogP contribution is -2.48. The Bertz CT molecular complexity index is 1160. The van der Waals surface area contributed by atoms with Crippen molar-refractivity contribution in [2.45, 2.75) is 24.7 Å². The number of ether oxygens (including phenoxy) is 1. The quantitative estimate of drug-likeness (QED) is 0.142. The third-order valence-electron chi connectivity index (χ3n) is 3.22. The fraction of sp³-hybridized carbons (Fsp3) is 0.500. The molecule has 0 saturated heterocycles. The minimum atomic E-state index is -5.90. The van der Waals surface area contributed by atoms with E-state index in [0.717, 1.165) is 0 Å². The fourth-order valence-corrected chi connectivity index (χ4v) is 5.03. The summed E-state index contributed by atoms with van der Waals surface area (Å²) < 4.78 is 79.1. The maximum atomic E-state index is 14.9. The number of rotatable bonds is 12. The standard InChI is InChI=1S/C12H17F2N2O14P3/c1-3-12(14,6-17)9(16-5-4-8(18)15-10(16)19)28-11(2,13)7-27-32(23,24)30-33(25,26)29-31(20,21)22/h1,4-5,9,17H,6-7H2,2H3,(H,23,24)(H,25,26)(H,15,18,19)(H2,20,21,22)/t9-,11+,12-/m1/s1. The number of hydrogen-bond acceptors (Lipinski definition) is 10. The maximum absolute atomic E-state index is 14.9. The molecule has 0 aliphatic heterocycles. The number of phosphoric ester groups is 1. The second kappa shape index (κ2) is 10.4. The van der Waals surface area contributed by atoms with Crippen LogP contribution in [0.4, 0.5) is 8.78 Å². The average molecular weight is 544 g/mol. The summed E-state index contributed by atoms with van der Waals surface area (Å²) in [6, 6.07) is 0.688. The van der Waals surface area contributed by atoms with Crippen LogP contribution in [0.25, 0.3) is 0 Å². The van der Waals surface area contributed by atoms with Crippen molar-refractivity contribution >= 4 is 23.5 Å². The van der Waals surface area contributed by atoms with E-state index in [0.29, 0.717) is 19.2 Å². The Labute approximate surface area is 182 Å². The number of nitrogens with zero attached hydrogens (tertiary/aromatic N) is 1. The molecule has 1 heterocycles. The molecular formula is C12H17F2N2O14P3. The number of aliphatic hydroxyl groups is 1. The molecule has 188 valence electrons. The SMILES string of the molecule is C#C[C@@](F)(CO)[C@@H](O[C@](C)(F)COP(=O)(O)OP(=O)(O)OP(=O)(O)O)n1ccc(=O)[nH]c1=O. The molecule has 33 heavy (non-hydrogen) atoms. The number of halogens is 2. The molecule has 16 nitrogen and oxygen atoms in total. The van der Waals surface area contributed by atoms with Crippen molar-refractivity contribution < 1.29 is 65.0 Å². The Morgan fingerprint density at radius 3 is 2.21 bits per heavy atom. The summed E-state index contributed by atoms with van der Waals surface area (Å²) in [6.45, 7) is -2.81. The number of phosphoric acid groups is 3. The monoisotopic (exact) mass is 544 g/mol. The Morgan fingerprint density at radius 1 is 1.18 bits per heavy atom. The zero-order valence-electron chi connectivity index (χ0n) is 16.2. The lowest BCUT2D eigenvalue weighted by atomic mass is 10.1. The van der Waals surface area contributed by atoms with Gasteiger partial charge in [-0.2, -0.15) is 8.62 Å². The topological polar surface area (TPSA) is 244 Å². The van der Waals surface area contributed by atoms with Crippen molar-refractivity contribution in [2.24, 2.45) is 0 Å². The first kappa shape index (κ1) is 29.5. The van der Waals surface area contributed by atoms with Crippen LogP contribution in [0.2, 0.25) is 0 Å². The molecule has 21 heteroatoms. The van der Waals surface area contributed by atoms with Crippen molar-refractivity contribution in [3.63, 3.8) is 0 Å². The Balaban J connectivity index is 3.14. The number of aliphatic hydroxyl groups excluding tert-OH is 1. The van der Waals surface area contributed by atoms with Crippen LogP contribution in [-0.2, 0) is 31.6 Å². The van der Waals surface area contributed by atoms with Crippen molar-refractivity contribution in [1.82, 2.24) is 9.55 Å². The summed E-state index contributed by atoms with van der Waals surface area (Å²) in [5.41, 5.74) is -5.60. The molecule has 0 aliphatic carbocycles. The summed E-state index contributed by atoms with van der Waals surface area (Å²) in [6.07, 6.45) is 3.10. The maximum Gasteiger partial charge on any atom is 0.490 e. The third-order valence-corrected chi connectivity index (χ3v) is 7.01. The summed E-state index contributed by atoms with van der Waals surface area (Å²) >= 11 is 0. The van der Waals surface area contributed by atoms with Crippen LogP contribution in [0.3, 0.4) is 0 Å². The van der Waals surface area contributed by atoms with E-state index in [2.05, 4.69) is 13.1 Å². The minimum absolute atomic E-state index is 0.236. The molecular weight excluding hydrogens is 527 g/mol. The summed E-state index contributed by atoms with van der Waals surface area (Å²) in [4.78, 5) is 60.1. The number of aromatic amines is 1. The molecule has 1 aromatic heterocycles. The van der Waals surface area contributed by atoms with Gasteiger partial charge in [-0.1, -0.05) is 5.92 Å². The highest BCUT2D eigenvalue weighted by atomic mass is 31.3. The Hall–Kier alpha value is -1.57. The Kier molecular flexibility index (Phi) is 9.25. The van der Waals surface area contributed by atoms with E-state index >= 15 is 0 Å². The predicted octanol–water partition coefficient (Wildman–Crippen LogP) is -0.585. The average Bonchev–Trinajstić information content (AvgIpc) is 2.62. The van der Waals surface area contributed by atoms with Gasteiger partial charge >= 0.3 is 29.2 Å². The molecule has 0 bridgehead atoms. The predicted molar refractivity (Wildman–Crippen MR) is 101 cm³/mol. The second-order valence-electron chi connectivity index (χ2n) is 6.12. The lowest BCUT2D eigenvalue weighted by molar-refractivity contribution is -0.239. The molecule has 2 unspecified atom stereocenters. The highest BCUT2D eigenvalue weighted by Gasteiger charge is 2.47. The van der Waals surface area contributed by atoms with Crippen LogP contribution >= 0.6 is 23.5 Å². The molecule has 0 aliphatic rings. The van der Waals surface area contributed by atoms with Gasteiger partial charge in [0.25, 0.3) is 5.56 Å². The number of aromatic nitrogens is 2. The molecule has 5 atom stereocenters. The van der Waals surface area contributed by atoms with Crippen LogP contribution in [0, 0.1) is 12.3 Å². The third kappa shape index (κ3) is 9.30. The van der Waals surface area contributed by atoms with E-state index in [1.165, 1.54) is 5.92 Å². The molecule has 0 radical (unpaired) electrons. The van der Waals surface area contributed by atoms with Gasteiger partial charge in [0.05, 0.1) is 6.61 Å². The zero-order chi connectivity index (χ0) is 25.9. The van der Waals surface area contributed by atoms with E-state index in [1.807, 2.05) is 0 Å². The van der Waals surface area contributed by atoms with Gasteiger partial charge < -0.3 is 29.4 Å². The van der Waals surface area contributed by atoms with Gasteiger partial charge in [0, 0.05) is 12.3 Å². The number of alkyl halides is 2. The van der Waals surface area contributed by atoms with E-state index in [1.54, 1.807) is 4.98 Å².